The number of rotatable bonds is 5. The van der Waals surface area contributed by atoms with Crippen LogP contribution in [0.1, 0.15) is 24.4 Å². The first-order chi connectivity index (χ1) is 15.7. The van der Waals surface area contributed by atoms with Gasteiger partial charge in [-0.1, -0.05) is 17.3 Å². The first kappa shape index (κ1) is 23.2. The molecule has 0 radical (unpaired) electrons. The lowest BCUT2D eigenvalue weighted by Gasteiger charge is -2.37. The van der Waals surface area contributed by atoms with Gasteiger partial charge in [-0.15, -0.1) is 0 Å². The summed E-state index contributed by atoms with van der Waals surface area (Å²) in [6, 6.07) is 4.60. The van der Waals surface area contributed by atoms with Gasteiger partial charge in [0.15, 0.2) is 0 Å². The van der Waals surface area contributed by atoms with Crippen LogP contribution < -0.4 is 5.32 Å². The molecule has 2 aliphatic heterocycles. The minimum absolute atomic E-state index is 0.0611. The normalized spacial score (nSPS) is 19.4. The minimum Gasteiger partial charge on any atom is -0.353 e. The number of alkyl halides is 3. The number of hydrogen-bond acceptors (Lipinski definition) is 7. The number of carbonyl (C=O) groups excluding carboxylic acids is 2. The van der Waals surface area contributed by atoms with Crippen molar-refractivity contribution < 1.29 is 27.3 Å². The Bertz CT molecular complexity index is 1000. The number of nitrogens with zero attached hydrogens (tertiary/aromatic N) is 5. The molecule has 9 nitrogen and oxygen atoms in total. The second-order valence-electron chi connectivity index (χ2n) is 8.19. The lowest BCUT2D eigenvalue weighted by molar-refractivity contribution is -0.139. The van der Waals surface area contributed by atoms with E-state index in [1.807, 2.05) is 11.8 Å². The van der Waals surface area contributed by atoms with Crippen LogP contribution in [0.3, 0.4) is 0 Å². The maximum Gasteiger partial charge on any atom is 0.416 e. The monoisotopic (exact) mass is 466 g/mol. The second-order valence-corrected chi connectivity index (χ2v) is 8.19. The molecule has 0 saturated carbocycles. The molecule has 2 fully saturated rings. The zero-order valence-corrected chi connectivity index (χ0v) is 18.1. The summed E-state index contributed by atoms with van der Waals surface area (Å²) in [5.41, 5.74) is -0.531. The van der Waals surface area contributed by atoms with Gasteiger partial charge in [0.1, 0.15) is 0 Å². The molecule has 33 heavy (non-hydrogen) atoms. The van der Waals surface area contributed by atoms with Gasteiger partial charge in [0.05, 0.1) is 24.7 Å². The van der Waals surface area contributed by atoms with Crippen LogP contribution in [0, 0.1) is 0 Å². The quantitative estimate of drug-likeness (QED) is 0.712. The Labute approximate surface area is 188 Å². The van der Waals surface area contributed by atoms with Crippen LogP contribution in [0.15, 0.2) is 28.8 Å². The van der Waals surface area contributed by atoms with Crippen LogP contribution >= 0.6 is 0 Å². The summed E-state index contributed by atoms with van der Waals surface area (Å²) in [7, 11) is 0. The van der Waals surface area contributed by atoms with E-state index < -0.39 is 11.7 Å². The van der Waals surface area contributed by atoms with Crippen LogP contribution in [0.5, 0.6) is 0 Å². The van der Waals surface area contributed by atoms with Gasteiger partial charge >= 0.3 is 6.18 Å². The van der Waals surface area contributed by atoms with Crippen molar-refractivity contribution in [1.82, 2.24) is 30.2 Å². The van der Waals surface area contributed by atoms with Gasteiger partial charge in [-0.25, -0.2) is 0 Å². The van der Waals surface area contributed by atoms with E-state index in [-0.39, 0.29) is 42.3 Å². The van der Waals surface area contributed by atoms with Crippen molar-refractivity contribution in [2.75, 3.05) is 52.4 Å². The molecule has 3 heterocycles. The highest BCUT2D eigenvalue weighted by Crippen LogP contribution is 2.32. The number of halogens is 3. The van der Waals surface area contributed by atoms with E-state index in [0.717, 1.165) is 12.1 Å². The van der Waals surface area contributed by atoms with Crippen LogP contribution in [-0.4, -0.2) is 89.0 Å². The van der Waals surface area contributed by atoms with Gasteiger partial charge in [0.2, 0.25) is 23.5 Å². The van der Waals surface area contributed by atoms with Gasteiger partial charge in [0.25, 0.3) is 0 Å². The first-order valence-electron chi connectivity index (χ1n) is 10.7. The number of piperazine rings is 2. The number of aromatic nitrogens is 2. The third-order valence-electron chi connectivity index (χ3n) is 5.95. The number of amides is 2. The molecule has 2 saturated heterocycles. The molecule has 2 amide bonds. The van der Waals surface area contributed by atoms with E-state index in [0.29, 0.717) is 45.2 Å². The molecule has 178 valence electrons. The van der Waals surface area contributed by atoms with E-state index in [1.165, 1.54) is 12.1 Å². The van der Waals surface area contributed by atoms with Gasteiger partial charge in [0, 0.05) is 44.8 Å². The first-order valence-corrected chi connectivity index (χ1v) is 10.7. The molecule has 0 aliphatic carbocycles. The van der Waals surface area contributed by atoms with E-state index in [2.05, 4.69) is 20.4 Å². The highest BCUT2D eigenvalue weighted by Gasteiger charge is 2.32. The van der Waals surface area contributed by atoms with Gasteiger partial charge in [-0.2, -0.15) is 18.2 Å². The standard InChI is InChI=1S/C21H25F3N6O3/c1-14(20-26-19(27-33-20)15-3-2-4-16(11-15)21(22,23)24)29-9-7-28(8-10-29)13-18(32)30-6-5-25-17(31)12-30/h2-4,11,14H,5-10,12-13H2,1H3,(H,25,31). The molecule has 1 atom stereocenters. The average Bonchev–Trinajstić information content (AvgIpc) is 3.29. The average molecular weight is 466 g/mol. The Balaban J connectivity index is 1.32. The maximum absolute atomic E-state index is 13.0. The Morgan fingerprint density at radius 3 is 2.67 bits per heavy atom. The Morgan fingerprint density at radius 1 is 1.21 bits per heavy atom. The Kier molecular flexibility index (Phi) is 6.66. The topological polar surface area (TPSA) is 94.8 Å². The molecule has 2 aromatic rings. The summed E-state index contributed by atoms with van der Waals surface area (Å²) in [5, 5.41) is 6.57. The predicted octanol–water partition coefficient (Wildman–Crippen LogP) is 1.39. The molecule has 0 spiro atoms. The van der Waals surface area contributed by atoms with E-state index in [1.54, 1.807) is 4.90 Å². The van der Waals surface area contributed by atoms with Crippen molar-refractivity contribution in [2.24, 2.45) is 0 Å². The molecular formula is C21H25F3N6O3. The van der Waals surface area contributed by atoms with Crippen molar-refractivity contribution in [3.63, 3.8) is 0 Å². The van der Waals surface area contributed by atoms with Crippen LogP contribution in [0.2, 0.25) is 0 Å². The van der Waals surface area contributed by atoms with Gasteiger partial charge in [-0.05, 0) is 19.1 Å². The third kappa shape index (κ3) is 5.50. The second kappa shape index (κ2) is 9.48. The Hall–Kier alpha value is -2.99. The van der Waals surface area contributed by atoms with Crippen LogP contribution in [0.25, 0.3) is 11.4 Å². The zero-order chi connectivity index (χ0) is 23.6. The van der Waals surface area contributed by atoms with Crippen LogP contribution in [-0.2, 0) is 15.8 Å². The highest BCUT2D eigenvalue weighted by molar-refractivity contribution is 5.86. The summed E-state index contributed by atoms with van der Waals surface area (Å²) in [4.78, 5) is 34.0. The fourth-order valence-corrected chi connectivity index (χ4v) is 3.96. The van der Waals surface area contributed by atoms with Crippen molar-refractivity contribution in [3.8, 4) is 11.4 Å². The molecule has 0 bridgehead atoms. The summed E-state index contributed by atoms with van der Waals surface area (Å²) in [5.74, 6) is 0.232. The van der Waals surface area contributed by atoms with Gasteiger partial charge in [-0.3, -0.25) is 19.4 Å². The summed E-state index contributed by atoms with van der Waals surface area (Å²) < 4.78 is 44.3. The molecular weight excluding hydrogens is 441 g/mol. The van der Waals surface area contributed by atoms with Crippen molar-refractivity contribution in [3.05, 3.63) is 35.7 Å². The Morgan fingerprint density at radius 2 is 1.97 bits per heavy atom. The fraction of sp³-hybridized carbons (Fsp3) is 0.524. The molecule has 1 unspecified atom stereocenters. The molecule has 12 heteroatoms. The lowest BCUT2D eigenvalue weighted by Crippen LogP contribution is -2.54. The largest absolute Gasteiger partial charge is 0.416 e. The molecule has 1 aromatic heterocycles. The van der Waals surface area contributed by atoms with Crippen molar-refractivity contribution in [2.45, 2.75) is 19.1 Å². The molecule has 1 aromatic carbocycles. The lowest BCUT2D eigenvalue weighted by atomic mass is 10.1. The number of nitrogens with one attached hydrogen (secondary N) is 1. The van der Waals surface area contributed by atoms with Crippen LogP contribution in [0.4, 0.5) is 13.2 Å². The summed E-state index contributed by atoms with van der Waals surface area (Å²) in [6.45, 7) is 5.89. The number of carbonyl (C=O) groups is 2. The van der Waals surface area contributed by atoms with E-state index in [9.17, 15) is 22.8 Å². The van der Waals surface area contributed by atoms with Crippen molar-refractivity contribution in [1.29, 1.82) is 0 Å². The highest BCUT2D eigenvalue weighted by atomic mass is 19.4. The summed E-state index contributed by atoms with van der Waals surface area (Å²) in [6.07, 6.45) is -4.45. The fourth-order valence-electron chi connectivity index (χ4n) is 3.96. The number of benzene rings is 1. The van der Waals surface area contributed by atoms with Crippen molar-refractivity contribution >= 4 is 11.8 Å². The molecule has 1 N–H and O–H groups in total. The van der Waals surface area contributed by atoms with Gasteiger partial charge < -0.3 is 14.7 Å². The van der Waals surface area contributed by atoms with E-state index in [4.69, 9.17) is 4.52 Å². The predicted molar refractivity (Wildman–Crippen MR) is 111 cm³/mol. The minimum atomic E-state index is -4.45. The molecule has 2 aliphatic rings. The SMILES string of the molecule is CC(c1nc(-c2cccc(C(F)(F)F)c2)no1)N1CCN(CC(=O)N2CCNC(=O)C2)CC1. The third-order valence-corrected chi connectivity index (χ3v) is 5.95. The van der Waals surface area contributed by atoms with E-state index >= 15 is 0 Å². The summed E-state index contributed by atoms with van der Waals surface area (Å²) >= 11 is 0. The zero-order valence-electron chi connectivity index (χ0n) is 18.1. The number of hydrogen-bond donors (Lipinski definition) is 1. The maximum atomic E-state index is 13.0. The molecule has 4 rings (SSSR count). The smallest absolute Gasteiger partial charge is 0.353 e.